The minimum Gasteiger partial charge on any atom is -0.408 e. The van der Waals surface area contributed by atoms with Crippen LogP contribution in [0.5, 0.6) is 5.88 Å². The normalized spacial score (nSPS) is 13.3. The van der Waals surface area contributed by atoms with E-state index in [-0.39, 0.29) is 33.5 Å². The van der Waals surface area contributed by atoms with Gasteiger partial charge in [0.05, 0.1) is 21.2 Å². The number of benzene rings is 2. The second-order valence-electron chi connectivity index (χ2n) is 5.33. The summed E-state index contributed by atoms with van der Waals surface area (Å²) in [6.07, 6.45) is 0. The Balaban J connectivity index is 1.97. The fourth-order valence-corrected chi connectivity index (χ4v) is 2.99. The Bertz CT molecular complexity index is 1170. The molecule has 0 aliphatic heterocycles. The van der Waals surface area contributed by atoms with Crippen LogP contribution >= 0.6 is 0 Å². The van der Waals surface area contributed by atoms with Gasteiger partial charge in [-0.1, -0.05) is 0 Å². The molecular weight excluding hydrogens is 424 g/mol. The Hall–Kier alpha value is -3.26. The minimum absolute atomic E-state index is 0.109. The first-order chi connectivity index (χ1) is 13.9. The van der Waals surface area contributed by atoms with Gasteiger partial charge in [-0.25, -0.2) is 13.1 Å². The number of carbonyl (C=O) groups excluding carboxylic acids is 1. The number of hydrogen-bond donors (Lipinski definition) is 3. The van der Waals surface area contributed by atoms with Crippen molar-refractivity contribution in [2.75, 3.05) is 0 Å². The molecule has 0 spiro atoms. The summed E-state index contributed by atoms with van der Waals surface area (Å²) in [6, 6.07) is 11.1. The van der Waals surface area contributed by atoms with Crippen molar-refractivity contribution in [3.8, 4) is 11.6 Å². The lowest BCUT2D eigenvalue weighted by Crippen LogP contribution is -2.14. The molecule has 0 aliphatic rings. The van der Waals surface area contributed by atoms with Crippen molar-refractivity contribution in [1.82, 2.24) is 9.78 Å². The highest BCUT2D eigenvalue weighted by Crippen LogP contribution is 2.25. The molecular formula is C16H12N4O7S2. The van der Waals surface area contributed by atoms with Crippen molar-refractivity contribution in [3.05, 3.63) is 58.9 Å². The maximum absolute atomic E-state index is 12.6. The fourth-order valence-electron chi connectivity index (χ4n) is 2.26. The van der Waals surface area contributed by atoms with Gasteiger partial charge in [-0.2, -0.15) is 5.11 Å². The Morgan fingerprint density at radius 3 is 2.00 bits per heavy atom. The number of rotatable bonds is 7. The van der Waals surface area contributed by atoms with Crippen LogP contribution in [0.15, 0.2) is 73.3 Å². The molecule has 0 saturated heterocycles. The molecule has 13 heteroatoms. The first-order valence-electron chi connectivity index (χ1n) is 7.70. The maximum atomic E-state index is 12.6. The maximum Gasteiger partial charge on any atom is 0.303 e. The molecule has 1 aromatic heterocycles. The van der Waals surface area contributed by atoms with Gasteiger partial charge in [-0.15, -0.1) is 5.11 Å². The molecule has 29 heavy (non-hydrogen) atoms. The summed E-state index contributed by atoms with van der Waals surface area (Å²) in [5.41, 5.74) is -0.382. The molecule has 11 nitrogen and oxygen atoms in total. The summed E-state index contributed by atoms with van der Waals surface area (Å²) in [6.45, 7) is 0.109. The van der Waals surface area contributed by atoms with E-state index in [1.54, 1.807) is 0 Å². The molecule has 0 aliphatic carbocycles. The summed E-state index contributed by atoms with van der Waals surface area (Å²) >= 11 is -4.30. The number of nitrogens with zero attached hydrogens (tertiary/aromatic N) is 3. The van der Waals surface area contributed by atoms with Crippen molar-refractivity contribution < 1.29 is 27.1 Å². The lowest BCUT2D eigenvalue weighted by Gasteiger charge is -2.01. The Morgan fingerprint density at radius 1 is 0.931 bits per heavy atom. The summed E-state index contributed by atoms with van der Waals surface area (Å²) < 4.78 is 45.9. The third kappa shape index (κ3) is 4.60. The van der Waals surface area contributed by atoms with Gasteiger partial charge in [-0.3, -0.25) is 14.7 Å². The predicted molar refractivity (Wildman–Crippen MR) is 102 cm³/mol. The Kier molecular flexibility index (Phi) is 6.23. The summed E-state index contributed by atoms with van der Waals surface area (Å²) in [5, 5.41) is 10.2. The van der Waals surface area contributed by atoms with Crippen LogP contribution in [0.4, 0.5) is 11.4 Å². The van der Waals surface area contributed by atoms with E-state index < -0.39 is 27.7 Å². The topological polar surface area (TPSA) is 163 Å². The molecule has 2 atom stereocenters. The zero-order valence-corrected chi connectivity index (χ0v) is 15.9. The number of hydrogen-bond acceptors (Lipinski definition) is 7. The van der Waals surface area contributed by atoms with Crippen LogP contribution in [0.1, 0.15) is 0 Å². The van der Waals surface area contributed by atoms with Gasteiger partial charge in [0.1, 0.15) is 0 Å². The lowest BCUT2D eigenvalue weighted by molar-refractivity contribution is -0.120. The highest BCUT2D eigenvalue weighted by atomic mass is 32.2. The smallest absolute Gasteiger partial charge is 0.303 e. The Labute approximate surface area is 167 Å². The van der Waals surface area contributed by atoms with Crippen LogP contribution < -0.4 is 10.3 Å². The number of aromatic amines is 1. The Morgan fingerprint density at radius 2 is 1.48 bits per heavy atom. The first kappa shape index (κ1) is 20.5. The molecule has 3 aromatic rings. The molecule has 0 fully saturated rings. The average molecular weight is 436 g/mol. The van der Waals surface area contributed by atoms with E-state index in [1.807, 2.05) is 0 Å². The lowest BCUT2D eigenvalue weighted by atomic mass is 10.3. The van der Waals surface area contributed by atoms with Crippen molar-refractivity contribution in [2.45, 2.75) is 9.79 Å². The monoisotopic (exact) mass is 436 g/mol. The van der Waals surface area contributed by atoms with Gasteiger partial charge in [0, 0.05) is 0 Å². The van der Waals surface area contributed by atoms with Gasteiger partial charge >= 0.3 is 5.56 Å². The van der Waals surface area contributed by atoms with Gasteiger partial charge in [0.25, 0.3) is 6.47 Å². The molecule has 2 aromatic carbocycles. The van der Waals surface area contributed by atoms with Crippen molar-refractivity contribution in [2.24, 2.45) is 10.2 Å². The van der Waals surface area contributed by atoms with Crippen LogP contribution in [0.25, 0.3) is 5.69 Å². The number of azo groups is 1. The van der Waals surface area contributed by atoms with Crippen molar-refractivity contribution in [1.29, 1.82) is 0 Å². The minimum atomic E-state index is -2.17. The van der Waals surface area contributed by atoms with Crippen LogP contribution in [-0.4, -0.2) is 33.8 Å². The van der Waals surface area contributed by atoms with E-state index in [0.717, 1.165) is 4.68 Å². The molecule has 2 unspecified atom stereocenters. The highest BCUT2D eigenvalue weighted by Gasteiger charge is 2.17. The molecule has 1 heterocycles. The summed E-state index contributed by atoms with van der Waals surface area (Å²) in [7, 11) is 0. The van der Waals surface area contributed by atoms with Crippen LogP contribution in [0.3, 0.4) is 0 Å². The summed E-state index contributed by atoms with van der Waals surface area (Å²) in [5.74, 6) is -0.253. The van der Waals surface area contributed by atoms with Gasteiger partial charge in [0.2, 0.25) is 11.6 Å². The number of aromatic nitrogens is 2. The molecule has 3 N–H and O–H groups in total. The third-order valence-electron chi connectivity index (χ3n) is 3.60. The van der Waals surface area contributed by atoms with Crippen molar-refractivity contribution in [3.63, 3.8) is 0 Å². The highest BCUT2D eigenvalue weighted by molar-refractivity contribution is 7.79. The quantitative estimate of drug-likeness (QED) is 0.290. The average Bonchev–Trinajstić information content (AvgIpc) is 3.02. The van der Waals surface area contributed by atoms with E-state index in [9.17, 15) is 18.0 Å². The van der Waals surface area contributed by atoms with E-state index >= 15 is 0 Å². The first-order valence-corrected chi connectivity index (χ1v) is 9.91. The molecule has 150 valence electrons. The van der Waals surface area contributed by atoms with Crippen molar-refractivity contribution >= 4 is 40.0 Å². The van der Waals surface area contributed by atoms with E-state index in [4.69, 9.17) is 13.8 Å². The SMILES string of the molecule is O=COc1[nH]n(-c2ccc(S(=O)O)cc2)c(=O)c1N=Nc1ccc(S(=O)O)cc1. The molecule has 3 rings (SSSR count). The zero-order valence-electron chi connectivity index (χ0n) is 14.3. The summed E-state index contributed by atoms with van der Waals surface area (Å²) in [4.78, 5) is 23.7. The third-order valence-corrected chi connectivity index (χ3v) is 4.95. The van der Waals surface area contributed by atoms with Crippen LogP contribution in [0.2, 0.25) is 0 Å². The van der Waals surface area contributed by atoms with E-state index in [1.165, 1.54) is 48.5 Å². The number of carbonyl (C=O) groups is 1. The van der Waals surface area contributed by atoms with Gasteiger partial charge < -0.3 is 13.8 Å². The molecule has 0 saturated carbocycles. The zero-order chi connectivity index (χ0) is 21.0. The second-order valence-corrected chi connectivity index (χ2v) is 7.27. The van der Waals surface area contributed by atoms with E-state index in [0.29, 0.717) is 5.69 Å². The fraction of sp³-hybridized carbons (Fsp3) is 0. The predicted octanol–water partition coefficient (Wildman–Crippen LogP) is 2.28. The molecule has 0 bridgehead atoms. The number of H-pyrrole nitrogens is 1. The second kappa shape index (κ2) is 8.83. The number of ether oxygens (including phenoxy) is 1. The molecule has 0 amide bonds. The number of nitrogens with one attached hydrogen (secondary N) is 1. The van der Waals surface area contributed by atoms with Crippen LogP contribution in [0, 0.1) is 0 Å². The van der Waals surface area contributed by atoms with Crippen LogP contribution in [-0.2, 0) is 27.0 Å². The van der Waals surface area contributed by atoms with Gasteiger partial charge in [0.15, 0.2) is 22.2 Å². The van der Waals surface area contributed by atoms with Gasteiger partial charge in [-0.05, 0) is 48.5 Å². The largest absolute Gasteiger partial charge is 0.408 e. The standard InChI is InChI=1S/C16H12N4O7S2/c21-9-27-15-14(18-17-10-1-5-12(6-2-10)28(23)24)16(22)20(19-15)11-3-7-13(8-4-11)29(25)26/h1-9,19H,(H,23,24)(H,25,26). The molecule has 0 radical (unpaired) electrons. The van der Waals surface area contributed by atoms with E-state index in [2.05, 4.69) is 15.3 Å².